The van der Waals surface area contributed by atoms with Crippen molar-refractivity contribution in [2.45, 2.75) is 0 Å². The zero-order chi connectivity index (χ0) is 12.3. The molecule has 0 radical (unpaired) electrons. The molecule has 2 rings (SSSR count). The summed E-state index contributed by atoms with van der Waals surface area (Å²) in [4.78, 5) is 22.7. The molecule has 0 saturated carbocycles. The van der Waals surface area contributed by atoms with Crippen LogP contribution in [0.3, 0.4) is 0 Å². The molecular weight excluding hydrogens is 240 g/mol. The first-order valence-electron chi connectivity index (χ1n) is 4.76. The fraction of sp³-hybridized carbons (Fsp3) is 0. The van der Waals surface area contributed by atoms with Gasteiger partial charge in [0.15, 0.2) is 0 Å². The van der Waals surface area contributed by atoms with Gasteiger partial charge in [-0.15, -0.1) is 11.3 Å². The molecule has 4 nitrogen and oxygen atoms in total. The number of carboxylic acid groups (broad SMARTS) is 1. The molecule has 0 atom stereocenters. The van der Waals surface area contributed by atoms with Gasteiger partial charge in [-0.1, -0.05) is 6.07 Å². The SMILES string of the molecule is O=C(O)c1ccc(OC(=O)c2cccs2)cc1. The fourth-order valence-corrected chi connectivity index (χ4v) is 1.82. The minimum Gasteiger partial charge on any atom is -0.478 e. The summed E-state index contributed by atoms with van der Waals surface area (Å²) in [5.41, 5.74) is 0.154. The normalized spacial score (nSPS) is 9.88. The summed E-state index contributed by atoms with van der Waals surface area (Å²) in [5.74, 6) is -1.13. The van der Waals surface area contributed by atoms with Crippen LogP contribution in [0, 0.1) is 0 Å². The van der Waals surface area contributed by atoms with E-state index in [2.05, 4.69) is 0 Å². The van der Waals surface area contributed by atoms with E-state index >= 15 is 0 Å². The summed E-state index contributed by atoms with van der Waals surface area (Å²) >= 11 is 1.29. The van der Waals surface area contributed by atoms with E-state index in [-0.39, 0.29) is 5.56 Å². The first kappa shape index (κ1) is 11.3. The highest BCUT2D eigenvalue weighted by Gasteiger charge is 2.09. The Labute approximate surface area is 101 Å². The maximum Gasteiger partial charge on any atom is 0.353 e. The fourth-order valence-electron chi connectivity index (χ4n) is 1.22. The van der Waals surface area contributed by atoms with Crippen LogP contribution < -0.4 is 4.74 Å². The van der Waals surface area contributed by atoms with Crippen LogP contribution in [0.5, 0.6) is 5.75 Å². The molecule has 0 fully saturated rings. The van der Waals surface area contributed by atoms with Crippen molar-refractivity contribution >= 4 is 23.3 Å². The minimum absolute atomic E-state index is 0.154. The Morgan fingerprint density at radius 2 is 1.82 bits per heavy atom. The largest absolute Gasteiger partial charge is 0.478 e. The number of hydrogen-bond acceptors (Lipinski definition) is 4. The van der Waals surface area contributed by atoms with E-state index in [0.717, 1.165) is 0 Å². The summed E-state index contributed by atoms with van der Waals surface area (Å²) < 4.78 is 5.07. The Bertz CT molecular complexity index is 528. The topological polar surface area (TPSA) is 63.6 Å². The number of rotatable bonds is 3. The van der Waals surface area contributed by atoms with Crippen LogP contribution in [0.1, 0.15) is 20.0 Å². The third-order valence-corrected chi connectivity index (χ3v) is 2.88. The van der Waals surface area contributed by atoms with E-state index in [1.165, 1.54) is 35.6 Å². The van der Waals surface area contributed by atoms with Crippen molar-refractivity contribution in [3.8, 4) is 5.75 Å². The number of aromatic carboxylic acids is 1. The van der Waals surface area contributed by atoms with Gasteiger partial charge in [0, 0.05) is 0 Å². The van der Waals surface area contributed by atoms with Crippen molar-refractivity contribution in [3.63, 3.8) is 0 Å². The van der Waals surface area contributed by atoms with Gasteiger partial charge in [0.1, 0.15) is 10.6 Å². The number of ether oxygens (including phenoxy) is 1. The van der Waals surface area contributed by atoms with Gasteiger partial charge >= 0.3 is 11.9 Å². The molecule has 1 aromatic heterocycles. The molecule has 5 heteroatoms. The van der Waals surface area contributed by atoms with Gasteiger partial charge < -0.3 is 9.84 Å². The highest BCUT2D eigenvalue weighted by Crippen LogP contribution is 2.16. The Hall–Kier alpha value is -2.14. The molecule has 1 heterocycles. The maximum absolute atomic E-state index is 11.6. The van der Waals surface area contributed by atoms with Crippen molar-refractivity contribution in [3.05, 3.63) is 52.2 Å². The summed E-state index contributed by atoms with van der Waals surface area (Å²) in [6.45, 7) is 0. The molecule has 0 bridgehead atoms. The van der Waals surface area contributed by atoms with Crippen molar-refractivity contribution < 1.29 is 19.4 Å². The number of esters is 1. The average Bonchev–Trinajstić information content (AvgIpc) is 2.83. The monoisotopic (exact) mass is 248 g/mol. The molecule has 1 aromatic carbocycles. The van der Waals surface area contributed by atoms with E-state index in [1.807, 2.05) is 0 Å². The first-order valence-corrected chi connectivity index (χ1v) is 5.64. The number of hydrogen-bond donors (Lipinski definition) is 1. The average molecular weight is 248 g/mol. The van der Waals surface area contributed by atoms with E-state index < -0.39 is 11.9 Å². The lowest BCUT2D eigenvalue weighted by molar-refractivity contribution is 0.0696. The number of carboxylic acids is 1. The molecule has 1 N–H and O–H groups in total. The van der Waals surface area contributed by atoms with Crippen molar-refractivity contribution in [2.75, 3.05) is 0 Å². The van der Waals surface area contributed by atoms with Crippen LogP contribution in [0.15, 0.2) is 41.8 Å². The molecule has 0 unspecified atom stereocenters. The van der Waals surface area contributed by atoms with E-state index in [0.29, 0.717) is 10.6 Å². The molecule has 17 heavy (non-hydrogen) atoms. The second-order valence-corrected chi connectivity index (χ2v) is 4.14. The van der Waals surface area contributed by atoms with E-state index in [9.17, 15) is 9.59 Å². The van der Waals surface area contributed by atoms with Crippen molar-refractivity contribution in [2.24, 2.45) is 0 Å². The summed E-state index contributed by atoms with van der Waals surface area (Å²) in [6.07, 6.45) is 0. The maximum atomic E-state index is 11.6. The third kappa shape index (κ3) is 2.70. The summed E-state index contributed by atoms with van der Waals surface area (Å²) in [6, 6.07) is 9.11. The lowest BCUT2D eigenvalue weighted by Gasteiger charge is -2.02. The molecular formula is C12H8O4S. The number of carbonyl (C=O) groups excluding carboxylic acids is 1. The molecule has 2 aromatic rings. The first-order chi connectivity index (χ1) is 8.16. The number of carbonyl (C=O) groups is 2. The van der Waals surface area contributed by atoms with Gasteiger partial charge in [-0.3, -0.25) is 0 Å². The Kier molecular flexibility index (Phi) is 3.20. The summed E-state index contributed by atoms with van der Waals surface area (Å²) in [5, 5.41) is 10.5. The van der Waals surface area contributed by atoms with Gasteiger partial charge in [0.25, 0.3) is 0 Å². The van der Waals surface area contributed by atoms with Gasteiger partial charge in [-0.25, -0.2) is 9.59 Å². The molecule has 0 amide bonds. The third-order valence-electron chi connectivity index (χ3n) is 2.03. The van der Waals surface area contributed by atoms with Gasteiger partial charge in [-0.05, 0) is 35.7 Å². The predicted molar refractivity (Wildman–Crippen MR) is 62.7 cm³/mol. The molecule has 0 aliphatic rings. The lowest BCUT2D eigenvalue weighted by Crippen LogP contribution is -2.06. The van der Waals surface area contributed by atoms with Crippen molar-refractivity contribution in [1.82, 2.24) is 0 Å². The van der Waals surface area contributed by atoms with Crippen LogP contribution in [0.4, 0.5) is 0 Å². The second kappa shape index (κ2) is 4.80. The smallest absolute Gasteiger partial charge is 0.353 e. The van der Waals surface area contributed by atoms with Gasteiger partial charge in [0.2, 0.25) is 0 Å². The molecule has 0 aliphatic heterocycles. The Morgan fingerprint density at radius 1 is 1.12 bits per heavy atom. The molecule has 86 valence electrons. The van der Waals surface area contributed by atoms with E-state index in [1.54, 1.807) is 17.5 Å². The van der Waals surface area contributed by atoms with E-state index in [4.69, 9.17) is 9.84 Å². The molecule has 0 aliphatic carbocycles. The second-order valence-electron chi connectivity index (χ2n) is 3.20. The Balaban J connectivity index is 2.09. The van der Waals surface area contributed by atoms with Crippen LogP contribution in [-0.2, 0) is 0 Å². The quantitative estimate of drug-likeness (QED) is 0.670. The van der Waals surface area contributed by atoms with Gasteiger partial charge in [0.05, 0.1) is 5.56 Å². The van der Waals surface area contributed by atoms with Crippen molar-refractivity contribution in [1.29, 1.82) is 0 Å². The lowest BCUT2D eigenvalue weighted by atomic mass is 10.2. The number of benzene rings is 1. The highest BCUT2D eigenvalue weighted by atomic mass is 32.1. The molecule has 0 saturated heterocycles. The summed E-state index contributed by atoms with van der Waals surface area (Å²) in [7, 11) is 0. The van der Waals surface area contributed by atoms with Crippen LogP contribution in [0.25, 0.3) is 0 Å². The zero-order valence-corrected chi connectivity index (χ0v) is 9.44. The Morgan fingerprint density at radius 3 is 2.35 bits per heavy atom. The van der Waals surface area contributed by atoms with Crippen LogP contribution >= 0.6 is 11.3 Å². The zero-order valence-electron chi connectivity index (χ0n) is 8.62. The standard InChI is InChI=1S/C12H8O4S/c13-11(14)8-3-5-9(6-4-8)16-12(15)10-2-1-7-17-10/h1-7H,(H,13,14). The molecule has 0 spiro atoms. The van der Waals surface area contributed by atoms with Gasteiger partial charge in [-0.2, -0.15) is 0 Å². The number of thiophene rings is 1. The van der Waals surface area contributed by atoms with Crippen LogP contribution in [-0.4, -0.2) is 17.0 Å². The predicted octanol–water partition coefficient (Wildman–Crippen LogP) is 2.67. The van der Waals surface area contributed by atoms with Crippen LogP contribution in [0.2, 0.25) is 0 Å². The highest BCUT2D eigenvalue weighted by molar-refractivity contribution is 7.12. The minimum atomic E-state index is -1.01.